The Labute approximate surface area is 204 Å². The molecule has 5 rings (SSSR count). The normalized spacial score (nSPS) is 14.1. The predicted molar refractivity (Wildman–Crippen MR) is 135 cm³/mol. The predicted octanol–water partition coefficient (Wildman–Crippen LogP) is 5.97. The zero-order valence-corrected chi connectivity index (χ0v) is 20.3. The minimum Gasteiger partial charge on any atom is -0.341 e. The standard InChI is InChI=1S/C28H28FN5O/c1-17-6-5-7-21(12-17)20(4)34-11-10-33-16-22(14-25(33)27(34)35)26-19(3)15-30-28(32-26)31-24-9-8-23(29)13-18(24)2/h5-9,12-16,20H,10-11H2,1-4H3,(H,30,31,32)/t20-/m1/s1. The molecule has 35 heavy (non-hydrogen) atoms. The van der Waals surface area contributed by atoms with E-state index in [9.17, 15) is 9.18 Å². The van der Waals surface area contributed by atoms with E-state index in [-0.39, 0.29) is 17.8 Å². The van der Waals surface area contributed by atoms with Gasteiger partial charge in [-0.1, -0.05) is 29.8 Å². The van der Waals surface area contributed by atoms with Gasteiger partial charge in [-0.2, -0.15) is 0 Å². The molecule has 7 heteroatoms. The van der Waals surface area contributed by atoms with Crippen molar-refractivity contribution in [2.24, 2.45) is 0 Å². The van der Waals surface area contributed by atoms with Crippen LogP contribution in [0.5, 0.6) is 0 Å². The Kier molecular flexibility index (Phi) is 5.84. The highest BCUT2D eigenvalue weighted by Crippen LogP contribution is 2.31. The molecule has 0 saturated carbocycles. The topological polar surface area (TPSA) is 63.1 Å². The van der Waals surface area contributed by atoms with Crippen LogP contribution in [0.25, 0.3) is 11.3 Å². The van der Waals surface area contributed by atoms with Gasteiger partial charge in [-0.15, -0.1) is 0 Å². The first-order chi connectivity index (χ1) is 16.8. The molecule has 4 aromatic rings. The molecular formula is C28H28FN5O. The van der Waals surface area contributed by atoms with Gasteiger partial charge in [0.2, 0.25) is 5.95 Å². The Morgan fingerprint density at radius 1 is 1.03 bits per heavy atom. The van der Waals surface area contributed by atoms with Crippen LogP contribution in [0.4, 0.5) is 16.0 Å². The highest BCUT2D eigenvalue weighted by atomic mass is 19.1. The van der Waals surface area contributed by atoms with Gasteiger partial charge < -0.3 is 14.8 Å². The maximum Gasteiger partial charge on any atom is 0.271 e. The van der Waals surface area contributed by atoms with Gasteiger partial charge in [0.1, 0.15) is 11.5 Å². The number of nitrogens with zero attached hydrogens (tertiary/aromatic N) is 4. The molecule has 0 unspecified atom stereocenters. The van der Waals surface area contributed by atoms with E-state index in [1.165, 1.54) is 17.7 Å². The molecule has 178 valence electrons. The third kappa shape index (κ3) is 4.41. The zero-order valence-electron chi connectivity index (χ0n) is 20.3. The van der Waals surface area contributed by atoms with Gasteiger partial charge >= 0.3 is 0 Å². The van der Waals surface area contributed by atoms with Crippen LogP contribution in [0.15, 0.2) is 60.9 Å². The lowest BCUT2D eigenvalue weighted by Gasteiger charge is -2.33. The Bertz CT molecular complexity index is 1430. The van der Waals surface area contributed by atoms with Gasteiger partial charge in [-0.05, 0) is 68.7 Å². The molecule has 2 aromatic carbocycles. The van der Waals surface area contributed by atoms with Gasteiger partial charge in [-0.3, -0.25) is 4.79 Å². The van der Waals surface area contributed by atoms with Crippen molar-refractivity contribution < 1.29 is 9.18 Å². The van der Waals surface area contributed by atoms with E-state index in [2.05, 4.69) is 42.3 Å². The van der Waals surface area contributed by atoms with Crippen LogP contribution in [-0.2, 0) is 6.54 Å². The Balaban J connectivity index is 1.43. The summed E-state index contributed by atoms with van der Waals surface area (Å²) in [5.74, 6) is 0.155. The fourth-order valence-electron chi connectivity index (χ4n) is 4.63. The molecule has 1 atom stereocenters. The minimum atomic E-state index is -0.284. The molecule has 0 radical (unpaired) electrons. The lowest BCUT2D eigenvalue weighted by molar-refractivity contribution is 0.0632. The average molecular weight is 470 g/mol. The number of fused-ring (bicyclic) bond motifs is 1. The monoisotopic (exact) mass is 469 g/mol. The van der Waals surface area contributed by atoms with E-state index >= 15 is 0 Å². The number of aryl methyl sites for hydroxylation is 3. The molecule has 0 saturated heterocycles. The summed E-state index contributed by atoms with van der Waals surface area (Å²) in [6.45, 7) is 9.30. The highest BCUT2D eigenvalue weighted by Gasteiger charge is 2.30. The number of carbonyl (C=O) groups excluding carboxylic acids is 1. The van der Waals surface area contributed by atoms with Gasteiger partial charge in [0.05, 0.1) is 11.7 Å². The molecule has 1 aliphatic heterocycles. The first-order valence-corrected chi connectivity index (χ1v) is 11.7. The number of rotatable bonds is 5. The fraction of sp³-hybridized carbons (Fsp3) is 0.250. The van der Waals surface area contributed by atoms with E-state index in [4.69, 9.17) is 4.98 Å². The molecule has 1 aliphatic rings. The summed E-state index contributed by atoms with van der Waals surface area (Å²) in [4.78, 5) is 24.5. The SMILES string of the molecule is Cc1cccc([C@@H](C)N2CCn3cc(-c4nc(Nc5ccc(F)cc5C)ncc4C)cc3C2=O)c1. The zero-order chi connectivity index (χ0) is 24.7. The van der Waals surface area contributed by atoms with E-state index in [1.807, 2.05) is 41.6 Å². The summed E-state index contributed by atoms with van der Waals surface area (Å²) >= 11 is 0. The van der Waals surface area contributed by atoms with Crippen molar-refractivity contribution in [1.29, 1.82) is 0 Å². The van der Waals surface area contributed by atoms with Crippen molar-refractivity contribution in [3.8, 4) is 11.3 Å². The lowest BCUT2D eigenvalue weighted by Crippen LogP contribution is -2.41. The average Bonchev–Trinajstić information content (AvgIpc) is 3.27. The van der Waals surface area contributed by atoms with Crippen molar-refractivity contribution in [3.63, 3.8) is 0 Å². The fourth-order valence-corrected chi connectivity index (χ4v) is 4.63. The van der Waals surface area contributed by atoms with Crippen LogP contribution in [0.1, 0.15) is 45.7 Å². The number of anilines is 2. The van der Waals surface area contributed by atoms with Crippen LogP contribution >= 0.6 is 0 Å². The molecule has 0 spiro atoms. The number of hydrogen-bond acceptors (Lipinski definition) is 4. The number of carbonyl (C=O) groups is 1. The number of halogens is 1. The molecule has 3 heterocycles. The first-order valence-electron chi connectivity index (χ1n) is 11.7. The third-order valence-electron chi connectivity index (χ3n) is 6.63. The van der Waals surface area contributed by atoms with Crippen molar-refractivity contribution in [1.82, 2.24) is 19.4 Å². The minimum absolute atomic E-state index is 0.00922. The first kappa shape index (κ1) is 22.8. The van der Waals surface area contributed by atoms with E-state index in [0.717, 1.165) is 40.2 Å². The Morgan fingerprint density at radius 2 is 1.86 bits per heavy atom. The Morgan fingerprint density at radius 3 is 2.63 bits per heavy atom. The molecule has 1 amide bonds. The maximum absolute atomic E-state index is 13.5. The Hall–Kier alpha value is -4.00. The molecule has 0 bridgehead atoms. The summed E-state index contributed by atoms with van der Waals surface area (Å²) in [5.41, 5.74) is 7.03. The smallest absolute Gasteiger partial charge is 0.271 e. The number of aromatic nitrogens is 3. The summed E-state index contributed by atoms with van der Waals surface area (Å²) in [6.07, 6.45) is 3.75. The van der Waals surface area contributed by atoms with Crippen LogP contribution in [0.3, 0.4) is 0 Å². The van der Waals surface area contributed by atoms with Crippen LogP contribution in [0.2, 0.25) is 0 Å². The lowest BCUT2D eigenvalue weighted by atomic mass is 10.0. The number of hydrogen-bond donors (Lipinski definition) is 1. The van der Waals surface area contributed by atoms with Crippen LogP contribution < -0.4 is 5.32 Å². The van der Waals surface area contributed by atoms with E-state index in [1.54, 1.807) is 12.3 Å². The molecule has 1 N–H and O–H groups in total. The van der Waals surface area contributed by atoms with E-state index < -0.39 is 0 Å². The van der Waals surface area contributed by atoms with E-state index in [0.29, 0.717) is 18.2 Å². The molecule has 0 fully saturated rings. The summed E-state index contributed by atoms with van der Waals surface area (Å²) in [6, 6.07) is 14.8. The summed E-state index contributed by atoms with van der Waals surface area (Å²) < 4.78 is 15.5. The van der Waals surface area contributed by atoms with Crippen molar-refractivity contribution in [3.05, 3.63) is 94.7 Å². The number of nitrogens with one attached hydrogen (secondary N) is 1. The molecule has 0 aliphatic carbocycles. The molecular weight excluding hydrogens is 441 g/mol. The van der Waals surface area contributed by atoms with Gasteiger partial charge in [0.25, 0.3) is 5.91 Å². The number of amides is 1. The third-order valence-corrected chi connectivity index (χ3v) is 6.63. The van der Waals surface area contributed by atoms with Gasteiger partial charge in [0, 0.05) is 36.7 Å². The largest absolute Gasteiger partial charge is 0.341 e. The molecule has 6 nitrogen and oxygen atoms in total. The maximum atomic E-state index is 13.5. The summed E-state index contributed by atoms with van der Waals surface area (Å²) in [7, 11) is 0. The van der Waals surface area contributed by atoms with Crippen molar-refractivity contribution in [2.75, 3.05) is 11.9 Å². The number of benzene rings is 2. The second-order valence-electron chi connectivity index (χ2n) is 9.21. The molecule has 2 aromatic heterocycles. The quantitative estimate of drug-likeness (QED) is 0.391. The second kappa shape index (κ2) is 8.98. The van der Waals surface area contributed by atoms with Crippen LogP contribution in [0, 0.1) is 26.6 Å². The van der Waals surface area contributed by atoms with Crippen molar-refractivity contribution >= 4 is 17.5 Å². The van der Waals surface area contributed by atoms with Gasteiger partial charge in [-0.25, -0.2) is 14.4 Å². The van der Waals surface area contributed by atoms with Crippen LogP contribution in [-0.4, -0.2) is 31.9 Å². The van der Waals surface area contributed by atoms with Crippen molar-refractivity contribution in [2.45, 2.75) is 40.3 Å². The second-order valence-corrected chi connectivity index (χ2v) is 9.21. The summed E-state index contributed by atoms with van der Waals surface area (Å²) in [5, 5.41) is 3.18. The highest BCUT2D eigenvalue weighted by molar-refractivity contribution is 5.95. The van der Waals surface area contributed by atoms with Gasteiger partial charge in [0.15, 0.2) is 0 Å².